The number of alkyl halides is 3. The van der Waals surface area contributed by atoms with Crippen LogP contribution in [-0.4, -0.2) is 29.1 Å². The van der Waals surface area contributed by atoms with Gasteiger partial charge in [-0.1, -0.05) is 6.92 Å². The molecule has 0 bridgehead atoms. The highest BCUT2D eigenvalue weighted by atomic mass is 19.4. The first-order chi connectivity index (χ1) is 9.81. The molecule has 1 fully saturated rings. The number of aromatic nitrogens is 2. The van der Waals surface area contributed by atoms with Crippen molar-refractivity contribution in [3.63, 3.8) is 0 Å². The predicted octanol–water partition coefficient (Wildman–Crippen LogP) is 3.55. The summed E-state index contributed by atoms with van der Waals surface area (Å²) >= 11 is 0. The molecule has 4 nitrogen and oxygen atoms in total. The van der Waals surface area contributed by atoms with E-state index < -0.39 is 11.9 Å². The zero-order chi connectivity index (χ0) is 15.6. The summed E-state index contributed by atoms with van der Waals surface area (Å²) in [7, 11) is 0. The lowest BCUT2D eigenvalue weighted by Crippen LogP contribution is -2.41. The number of nitrogens with zero attached hydrogens (tertiary/aromatic N) is 3. The van der Waals surface area contributed by atoms with Crippen molar-refractivity contribution >= 4 is 11.8 Å². The van der Waals surface area contributed by atoms with Crippen LogP contribution in [0.5, 0.6) is 0 Å². The van der Waals surface area contributed by atoms with Crippen LogP contribution in [-0.2, 0) is 6.18 Å². The number of piperidine rings is 1. The normalized spacial score (nSPS) is 23.2. The monoisotopic (exact) mass is 302 g/mol. The maximum atomic E-state index is 13.0. The molecular weight excluding hydrogens is 281 g/mol. The van der Waals surface area contributed by atoms with Gasteiger partial charge in [-0.3, -0.25) is 0 Å². The number of anilines is 2. The van der Waals surface area contributed by atoms with Gasteiger partial charge in [0.1, 0.15) is 5.82 Å². The van der Waals surface area contributed by atoms with Crippen molar-refractivity contribution in [1.82, 2.24) is 9.97 Å². The summed E-state index contributed by atoms with van der Waals surface area (Å²) in [6.45, 7) is 7.13. The maximum Gasteiger partial charge on any atom is 0.433 e. The van der Waals surface area contributed by atoms with Crippen LogP contribution >= 0.6 is 0 Å². The van der Waals surface area contributed by atoms with E-state index in [0.29, 0.717) is 18.3 Å². The highest BCUT2D eigenvalue weighted by Crippen LogP contribution is 2.33. The van der Waals surface area contributed by atoms with Gasteiger partial charge >= 0.3 is 6.18 Å². The van der Waals surface area contributed by atoms with E-state index in [1.54, 1.807) is 6.92 Å². The van der Waals surface area contributed by atoms with E-state index in [-0.39, 0.29) is 12.0 Å². The van der Waals surface area contributed by atoms with Gasteiger partial charge in [-0.2, -0.15) is 18.2 Å². The second-order valence-corrected chi connectivity index (χ2v) is 5.65. The summed E-state index contributed by atoms with van der Waals surface area (Å²) in [5, 5.41) is 2.78. The van der Waals surface area contributed by atoms with Crippen molar-refractivity contribution in [3.8, 4) is 0 Å². The largest absolute Gasteiger partial charge is 0.433 e. The predicted molar refractivity (Wildman–Crippen MR) is 76.4 cm³/mol. The lowest BCUT2D eigenvalue weighted by molar-refractivity contribution is -0.141. The Morgan fingerprint density at radius 1 is 1.29 bits per heavy atom. The fraction of sp³-hybridized carbons (Fsp3) is 0.714. The number of hydrogen-bond donors (Lipinski definition) is 1. The highest BCUT2D eigenvalue weighted by Gasteiger charge is 2.35. The van der Waals surface area contributed by atoms with Crippen molar-refractivity contribution in [2.45, 2.75) is 45.8 Å². The van der Waals surface area contributed by atoms with Crippen molar-refractivity contribution in [3.05, 3.63) is 11.8 Å². The molecular formula is C14H21F3N4. The Labute approximate surface area is 122 Å². The van der Waals surface area contributed by atoms with Gasteiger partial charge in [0.25, 0.3) is 0 Å². The summed E-state index contributed by atoms with van der Waals surface area (Å²) in [6, 6.07) is 1.24. The van der Waals surface area contributed by atoms with Crippen LogP contribution in [0.15, 0.2) is 6.07 Å². The number of nitrogens with one attached hydrogen (secondary N) is 1. The fourth-order valence-electron chi connectivity index (χ4n) is 2.57. The van der Waals surface area contributed by atoms with Gasteiger partial charge in [-0.05, 0) is 32.6 Å². The molecule has 0 saturated carbocycles. The minimum Gasteiger partial charge on any atom is -0.354 e. The summed E-state index contributed by atoms with van der Waals surface area (Å²) in [5.74, 6) is 0.841. The van der Waals surface area contributed by atoms with Crippen molar-refractivity contribution in [2.24, 2.45) is 5.92 Å². The van der Waals surface area contributed by atoms with E-state index in [1.165, 1.54) is 0 Å². The van der Waals surface area contributed by atoms with E-state index in [1.807, 2.05) is 11.8 Å². The quantitative estimate of drug-likeness (QED) is 0.927. The smallest absolute Gasteiger partial charge is 0.354 e. The number of halogens is 3. The van der Waals surface area contributed by atoms with E-state index in [9.17, 15) is 13.2 Å². The Hall–Kier alpha value is -1.53. The molecule has 2 unspecified atom stereocenters. The molecule has 21 heavy (non-hydrogen) atoms. The van der Waals surface area contributed by atoms with Crippen LogP contribution in [0.1, 0.15) is 39.3 Å². The van der Waals surface area contributed by atoms with E-state index in [2.05, 4.69) is 22.2 Å². The number of hydrogen-bond acceptors (Lipinski definition) is 4. The minimum absolute atomic E-state index is 0.0350. The molecule has 2 atom stereocenters. The maximum absolute atomic E-state index is 13.0. The van der Waals surface area contributed by atoms with Crippen LogP contribution in [0.3, 0.4) is 0 Å². The van der Waals surface area contributed by atoms with E-state index in [4.69, 9.17) is 0 Å². The molecule has 0 amide bonds. The van der Waals surface area contributed by atoms with E-state index in [0.717, 1.165) is 25.5 Å². The van der Waals surface area contributed by atoms with Crippen molar-refractivity contribution < 1.29 is 13.2 Å². The molecule has 118 valence electrons. The van der Waals surface area contributed by atoms with Crippen LogP contribution < -0.4 is 10.2 Å². The lowest BCUT2D eigenvalue weighted by Gasteiger charge is -2.38. The second kappa shape index (κ2) is 6.07. The molecule has 1 aliphatic rings. The van der Waals surface area contributed by atoms with Gasteiger partial charge in [0.15, 0.2) is 5.69 Å². The molecule has 1 aliphatic heterocycles. The first-order valence-corrected chi connectivity index (χ1v) is 7.28. The lowest BCUT2D eigenvalue weighted by atomic mass is 9.95. The molecule has 0 aliphatic carbocycles. The topological polar surface area (TPSA) is 41.1 Å². The van der Waals surface area contributed by atoms with Gasteiger partial charge in [0.05, 0.1) is 0 Å². The summed E-state index contributed by atoms with van der Waals surface area (Å²) in [5.41, 5.74) is -0.895. The summed E-state index contributed by atoms with van der Waals surface area (Å²) < 4.78 is 39.0. The first kappa shape index (κ1) is 15.9. The molecule has 0 aromatic carbocycles. The molecule has 1 aromatic heterocycles. The molecule has 7 heteroatoms. The third-order valence-corrected chi connectivity index (χ3v) is 3.75. The highest BCUT2D eigenvalue weighted by molar-refractivity contribution is 5.46. The summed E-state index contributed by atoms with van der Waals surface area (Å²) in [4.78, 5) is 9.76. The third-order valence-electron chi connectivity index (χ3n) is 3.75. The van der Waals surface area contributed by atoms with Crippen molar-refractivity contribution in [1.29, 1.82) is 0 Å². The fourth-order valence-corrected chi connectivity index (χ4v) is 2.57. The van der Waals surface area contributed by atoms with Crippen LogP contribution in [0, 0.1) is 5.92 Å². The zero-order valence-corrected chi connectivity index (χ0v) is 12.5. The van der Waals surface area contributed by atoms with Gasteiger partial charge in [0.2, 0.25) is 5.95 Å². The third kappa shape index (κ3) is 3.77. The average Bonchev–Trinajstić information content (AvgIpc) is 2.40. The summed E-state index contributed by atoms with van der Waals surface area (Å²) in [6.07, 6.45) is -2.41. The average molecular weight is 302 g/mol. The molecule has 2 heterocycles. The van der Waals surface area contributed by atoms with Gasteiger partial charge in [-0.25, -0.2) is 4.98 Å². The molecule has 1 N–H and O–H groups in total. The zero-order valence-electron chi connectivity index (χ0n) is 12.5. The Kier molecular flexibility index (Phi) is 4.58. The minimum atomic E-state index is -4.47. The molecule has 2 rings (SSSR count). The Morgan fingerprint density at radius 2 is 2.00 bits per heavy atom. The van der Waals surface area contributed by atoms with Gasteiger partial charge < -0.3 is 10.2 Å². The van der Waals surface area contributed by atoms with E-state index >= 15 is 0 Å². The van der Waals surface area contributed by atoms with Gasteiger partial charge in [0, 0.05) is 25.2 Å². The SMILES string of the molecule is CCNc1nc(N2CC(C)CCC2C)cc(C(F)(F)F)n1. The Bertz CT molecular complexity index is 490. The van der Waals surface area contributed by atoms with Crippen LogP contribution in [0.4, 0.5) is 24.9 Å². The number of rotatable bonds is 3. The standard InChI is InChI=1S/C14H21F3N4/c1-4-18-13-19-11(14(15,16)17)7-12(20-13)21-8-9(2)5-6-10(21)3/h7,9-10H,4-6,8H2,1-3H3,(H,18,19,20). The molecule has 1 aromatic rings. The molecule has 0 spiro atoms. The first-order valence-electron chi connectivity index (χ1n) is 7.28. The van der Waals surface area contributed by atoms with Gasteiger partial charge in [-0.15, -0.1) is 0 Å². The second-order valence-electron chi connectivity index (χ2n) is 5.65. The molecule has 1 saturated heterocycles. The molecule has 0 radical (unpaired) electrons. The Morgan fingerprint density at radius 3 is 2.62 bits per heavy atom. The van der Waals surface area contributed by atoms with Crippen LogP contribution in [0.25, 0.3) is 0 Å². The van der Waals surface area contributed by atoms with Crippen LogP contribution in [0.2, 0.25) is 0 Å². The van der Waals surface area contributed by atoms with Crippen molar-refractivity contribution in [2.75, 3.05) is 23.3 Å². The Balaban J connectivity index is 2.39.